The van der Waals surface area contributed by atoms with Crippen LogP contribution in [-0.2, 0) is 33.3 Å². The van der Waals surface area contributed by atoms with Crippen LogP contribution in [-0.4, -0.2) is 55.3 Å². The zero-order valence-corrected chi connectivity index (χ0v) is 18.6. The summed E-state index contributed by atoms with van der Waals surface area (Å²) in [5, 5.41) is 8.99. The lowest BCUT2D eigenvalue weighted by Crippen LogP contribution is -2.43. The molecule has 0 aliphatic rings. The molecule has 0 radical (unpaired) electrons. The molecule has 0 fully saturated rings. The monoisotopic (exact) mass is 476 g/mol. The summed E-state index contributed by atoms with van der Waals surface area (Å²) in [7, 11) is 0. The lowest BCUT2D eigenvalue weighted by Gasteiger charge is -2.31. The molecule has 0 saturated carbocycles. The van der Waals surface area contributed by atoms with E-state index < -0.39 is 41.5 Å². The molecule has 0 aliphatic heterocycles. The number of hydrogen-bond acceptors (Lipinski definition) is 10. The third-order valence-electron chi connectivity index (χ3n) is 3.79. The van der Waals surface area contributed by atoms with Gasteiger partial charge in [0.1, 0.15) is 42.2 Å². The second kappa shape index (κ2) is 13.1. The minimum atomic E-state index is -1.10. The highest BCUT2D eigenvalue weighted by Crippen LogP contribution is 2.34. The Morgan fingerprint density at radius 1 is 1.32 bits per heavy atom. The van der Waals surface area contributed by atoms with Crippen LogP contribution in [0.15, 0.2) is 17.0 Å². The minimum absolute atomic E-state index is 0.00618. The van der Waals surface area contributed by atoms with Crippen LogP contribution < -0.4 is 5.73 Å². The Morgan fingerprint density at radius 2 is 2.00 bits per heavy atom. The van der Waals surface area contributed by atoms with E-state index in [2.05, 4.69) is 0 Å². The third kappa shape index (κ3) is 8.70. The molecule has 0 bridgehead atoms. The largest absolute Gasteiger partial charge is 0.463 e. The first-order chi connectivity index (χ1) is 14.6. The van der Waals surface area contributed by atoms with E-state index in [1.54, 1.807) is 6.07 Å². The topological polar surface area (TPSA) is 138 Å². The predicted octanol–water partition coefficient (Wildman–Crippen LogP) is 2.17. The van der Waals surface area contributed by atoms with Crippen LogP contribution in [0.3, 0.4) is 0 Å². The number of nitriles is 1. The first-order valence-corrected chi connectivity index (χ1v) is 10.2. The van der Waals surface area contributed by atoms with Gasteiger partial charge in [-0.3, -0.25) is 14.4 Å². The number of ether oxygens (including phenoxy) is 4. The number of benzene rings is 1. The first kappa shape index (κ1) is 26.6. The highest BCUT2D eigenvalue weighted by Gasteiger charge is 2.32. The molecule has 1 aromatic rings. The highest BCUT2D eigenvalue weighted by molar-refractivity contribution is 7.99. The van der Waals surface area contributed by atoms with E-state index in [-0.39, 0.29) is 35.1 Å². The van der Waals surface area contributed by atoms with Crippen LogP contribution >= 0.6 is 23.4 Å². The Hall–Kier alpha value is -2.39. The maximum Gasteiger partial charge on any atom is 0.302 e. The zero-order valence-electron chi connectivity index (χ0n) is 17.0. The van der Waals surface area contributed by atoms with Crippen LogP contribution in [0.25, 0.3) is 0 Å². The molecular weight excluding hydrogens is 455 g/mol. The van der Waals surface area contributed by atoms with Gasteiger partial charge in [-0.05, 0) is 19.1 Å². The van der Waals surface area contributed by atoms with E-state index in [0.717, 1.165) is 17.8 Å². The van der Waals surface area contributed by atoms with Crippen molar-refractivity contribution in [1.82, 2.24) is 0 Å². The molecule has 4 atom stereocenters. The normalized spacial score (nSPS) is 14.5. The zero-order chi connectivity index (χ0) is 23.6. The second-order valence-electron chi connectivity index (χ2n) is 6.16. The molecular formula is C19H22ClFN2O7S. The lowest BCUT2D eigenvalue weighted by atomic mass is 10.2. The van der Waals surface area contributed by atoms with Gasteiger partial charge >= 0.3 is 11.9 Å². The number of hydrogen-bond donors (Lipinski definition) is 1. The van der Waals surface area contributed by atoms with Crippen LogP contribution in [0.1, 0.15) is 26.3 Å². The van der Waals surface area contributed by atoms with Crippen LogP contribution in [0.2, 0.25) is 5.02 Å². The van der Waals surface area contributed by atoms with Crippen molar-refractivity contribution in [2.24, 2.45) is 5.73 Å². The maximum absolute atomic E-state index is 14.5. The molecule has 0 saturated heterocycles. The van der Waals surface area contributed by atoms with Gasteiger partial charge in [0.2, 0.25) is 0 Å². The smallest absolute Gasteiger partial charge is 0.302 e. The van der Waals surface area contributed by atoms with Gasteiger partial charge in [-0.15, -0.1) is 0 Å². The summed E-state index contributed by atoms with van der Waals surface area (Å²) >= 11 is 6.77. The molecule has 12 heteroatoms. The van der Waals surface area contributed by atoms with Gasteiger partial charge in [0.25, 0.3) is 6.47 Å². The van der Waals surface area contributed by atoms with Crippen LogP contribution in [0.4, 0.5) is 4.39 Å². The average Bonchev–Trinajstić information content (AvgIpc) is 2.69. The van der Waals surface area contributed by atoms with E-state index >= 15 is 0 Å². The lowest BCUT2D eigenvalue weighted by molar-refractivity contribution is -0.167. The van der Waals surface area contributed by atoms with E-state index in [1.165, 1.54) is 26.8 Å². The number of halogens is 2. The number of esters is 2. The summed E-state index contributed by atoms with van der Waals surface area (Å²) < 4.78 is 35.4. The molecule has 0 aromatic heterocycles. The number of nitrogens with zero attached hydrogens (tertiary/aromatic N) is 1. The Labute approximate surface area is 187 Å². The predicted molar refractivity (Wildman–Crippen MR) is 108 cm³/mol. The summed E-state index contributed by atoms with van der Waals surface area (Å²) in [6.45, 7) is 3.56. The Kier molecular flexibility index (Phi) is 11.3. The van der Waals surface area contributed by atoms with E-state index in [4.69, 9.17) is 41.5 Å². The Balaban J connectivity index is 3.24. The van der Waals surface area contributed by atoms with Crippen LogP contribution in [0.5, 0.6) is 0 Å². The van der Waals surface area contributed by atoms with Gasteiger partial charge in [0.15, 0.2) is 0 Å². The van der Waals surface area contributed by atoms with Crippen molar-refractivity contribution in [3.05, 3.63) is 28.5 Å². The molecule has 9 nitrogen and oxygen atoms in total. The molecule has 2 N–H and O–H groups in total. The van der Waals surface area contributed by atoms with Crippen LogP contribution in [0, 0.1) is 17.1 Å². The van der Waals surface area contributed by atoms with E-state index in [9.17, 15) is 18.8 Å². The van der Waals surface area contributed by atoms with Crippen molar-refractivity contribution < 1.29 is 37.7 Å². The molecule has 170 valence electrons. The quantitative estimate of drug-likeness (QED) is 0.157. The van der Waals surface area contributed by atoms with Gasteiger partial charge in [0.05, 0.1) is 10.6 Å². The number of carbonyl (C=O) groups is 3. The van der Waals surface area contributed by atoms with Crippen molar-refractivity contribution in [2.45, 2.75) is 49.4 Å². The van der Waals surface area contributed by atoms with Gasteiger partial charge in [-0.1, -0.05) is 23.4 Å². The molecule has 0 amide bonds. The van der Waals surface area contributed by atoms with Crippen molar-refractivity contribution in [1.29, 1.82) is 5.26 Å². The Morgan fingerprint density at radius 3 is 2.52 bits per heavy atom. The number of thioether (sulfide) groups is 1. The van der Waals surface area contributed by atoms with Gasteiger partial charge in [0, 0.05) is 25.3 Å². The fraction of sp³-hybridized carbons (Fsp3) is 0.474. The summed E-state index contributed by atoms with van der Waals surface area (Å²) in [6.07, 6.45) is -2.91. The molecule has 4 unspecified atom stereocenters. The van der Waals surface area contributed by atoms with Crippen molar-refractivity contribution in [3.8, 4) is 6.07 Å². The van der Waals surface area contributed by atoms with E-state index in [0.29, 0.717) is 0 Å². The highest BCUT2D eigenvalue weighted by atomic mass is 35.5. The number of rotatable bonds is 12. The number of carbonyl (C=O) groups excluding carboxylic acids is 3. The summed E-state index contributed by atoms with van der Waals surface area (Å²) in [5.74, 6) is -1.96. The van der Waals surface area contributed by atoms with E-state index in [1.807, 2.05) is 0 Å². The fourth-order valence-corrected chi connectivity index (χ4v) is 3.72. The first-order valence-electron chi connectivity index (χ1n) is 8.93. The third-order valence-corrected chi connectivity index (χ3v) is 5.31. The van der Waals surface area contributed by atoms with Gasteiger partial charge < -0.3 is 24.7 Å². The fourth-order valence-electron chi connectivity index (χ4n) is 2.32. The summed E-state index contributed by atoms with van der Waals surface area (Å²) in [5.41, 5.74) is 4.51. The van der Waals surface area contributed by atoms with Gasteiger partial charge in [-0.2, -0.15) is 5.26 Å². The van der Waals surface area contributed by atoms with Crippen molar-refractivity contribution >= 4 is 41.8 Å². The van der Waals surface area contributed by atoms with Gasteiger partial charge in [-0.25, -0.2) is 4.39 Å². The molecule has 1 aromatic carbocycles. The van der Waals surface area contributed by atoms with Crippen molar-refractivity contribution in [2.75, 3.05) is 13.2 Å². The standard InChI is InChI=1S/C19H22ClFN2O7S/c1-10(29-12(3)26)17(8-27-11(2)25)30-19(16(7-23)28-9-24)31-18-5-14(20)13(6-22)4-15(18)21/h4-5,9-10,16-17,19H,7-8,23H2,1-3H3. The summed E-state index contributed by atoms with van der Waals surface area (Å²) in [4.78, 5) is 33.5. The average molecular weight is 477 g/mol. The molecule has 1 rings (SSSR count). The summed E-state index contributed by atoms with van der Waals surface area (Å²) in [6, 6.07) is 3.94. The Bertz CT molecular complexity index is 836. The second-order valence-corrected chi connectivity index (χ2v) is 7.71. The minimum Gasteiger partial charge on any atom is -0.463 e. The molecule has 0 aliphatic carbocycles. The van der Waals surface area contributed by atoms with Crippen molar-refractivity contribution in [3.63, 3.8) is 0 Å². The number of nitrogens with two attached hydrogens (primary N) is 1. The SMILES string of the molecule is CC(=O)OCC(OC(Sc1cc(Cl)c(C#N)cc1F)C(CN)OC=O)C(C)OC(C)=O. The molecule has 0 heterocycles. The molecule has 0 spiro atoms. The molecule has 31 heavy (non-hydrogen) atoms. The maximum atomic E-state index is 14.5.